The number of rotatable bonds is 4. The Morgan fingerprint density at radius 3 is 2.76 bits per heavy atom. The Balaban J connectivity index is 1.70. The van der Waals surface area contributed by atoms with Gasteiger partial charge in [-0.25, -0.2) is 4.39 Å². The van der Waals surface area contributed by atoms with Crippen molar-refractivity contribution in [2.24, 2.45) is 0 Å². The summed E-state index contributed by atoms with van der Waals surface area (Å²) in [4.78, 5) is 12.0. The zero-order valence-corrected chi connectivity index (χ0v) is 9.43. The maximum absolute atomic E-state index is 14.1. The first kappa shape index (κ1) is 10.6. The molecule has 0 atom stereocenters. The molecule has 3 rings (SSSR count). The summed E-state index contributed by atoms with van der Waals surface area (Å²) in [5.74, 6) is 0.482. The Morgan fingerprint density at radius 2 is 2.12 bits per heavy atom. The lowest BCUT2D eigenvalue weighted by molar-refractivity contribution is -0.126. The fourth-order valence-electron chi connectivity index (χ4n) is 2.14. The molecule has 1 heterocycles. The van der Waals surface area contributed by atoms with E-state index in [1.165, 1.54) is 0 Å². The Morgan fingerprint density at radius 1 is 1.35 bits per heavy atom. The van der Waals surface area contributed by atoms with Crippen LogP contribution in [0.3, 0.4) is 0 Å². The highest BCUT2D eigenvalue weighted by Gasteiger charge is 2.31. The van der Waals surface area contributed by atoms with Crippen LogP contribution in [0.15, 0.2) is 18.2 Å². The monoisotopic (exact) mass is 235 g/mol. The van der Waals surface area contributed by atoms with Crippen LogP contribution < -0.4 is 4.74 Å². The van der Waals surface area contributed by atoms with Gasteiger partial charge in [0.2, 0.25) is 6.41 Å². The molecule has 2 fully saturated rings. The van der Waals surface area contributed by atoms with Crippen molar-refractivity contribution in [1.82, 2.24) is 4.90 Å². The van der Waals surface area contributed by atoms with E-state index in [-0.39, 0.29) is 11.9 Å². The molecule has 0 unspecified atom stereocenters. The van der Waals surface area contributed by atoms with Crippen molar-refractivity contribution >= 4 is 6.41 Å². The second kappa shape index (κ2) is 4.02. The highest BCUT2D eigenvalue weighted by molar-refractivity contribution is 5.49. The van der Waals surface area contributed by atoms with Gasteiger partial charge in [-0.2, -0.15) is 0 Å². The van der Waals surface area contributed by atoms with E-state index in [0.717, 1.165) is 24.8 Å². The minimum atomic E-state index is -0.223. The minimum Gasteiger partial charge on any atom is -0.484 e. The van der Waals surface area contributed by atoms with Gasteiger partial charge in [-0.15, -0.1) is 0 Å². The number of halogens is 1. The van der Waals surface area contributed by atoms with Crippen molar-refractivity contribution in [2.45, 2.75) is 24.9 Å². The number of carbonyl (C=O) groups excluding carboxylic acids is 1. The van der Waals surface area contributed by atoms with Crippen molar-refractivity contribution in [3.63, 3.8) is 0 Å². The topological polar surface area (TPSA) is 29.5 Å². The molecule has 0 bridgehead atoms. The summed E-state index contributed by atoms with van der Waals surface area (Å²) in [5.41, 5.74) is 0.772. The fourth-order valence-corrected chi connectivity index (χ4v) is 2.14. The van der Waals surface area contributed by atoms with Crippen LogP contribution in [0.1, 0.15) is 24.3 Å². The van der Waals surface area contributed by atoms with E-state index >= 15 is 0 Å². The molecule has 0 N–H and O–H groups in total. The molecule has 0 aromatic heterocycles. The number of ether oxygens (including phenoxy) is 1. The van der Waals surface area contributed by atoms with Gasteiger partial charge in [-0.3, -0.25) is 4.79 Å². The summed E-state index contributed by atoms with van der Waals surface area (Å²) in [6.07, 6.45) is 2.87. The molecular formula is C13H14FNO2. The van der Waals surface area contributed by atoms with E-state index in [1.807, 2.05) is 12.1 Å². The van der Waals surface area contributed by atoms with Crippen LogP contribution in [0.25, 0.3) is 0 Å². The zero-order chi connectivity index (χ0) is 11.8. The first-order valence-electron chi connectivity index (χ1n) is 5.92. The Labute approximate surface area is 99.2 Å². The SMILES string of the molecule is O=CN1CC(Oc2cccc(C3CC3)c2F)C1. The molecule has 1 aromatic rings. The molecule has 2 aliphatic rings. The van der Waals surface area contributed by atoms with Gasteiger partial charge in [0.1, 0.15) is 6.10 Å². The van der Waals surface area contributed by atoms with Gasteiger partial charge in [-0.05, 0) is 30.4 Å². The predicted octanol–water partition coefficient (Wildman–Crippen LogP) is 1.92. The molecule has 1 amide bonds. The third kappa shape index (κ3) is 1.99. The molecule has 17 heavy (non-hydrogen) atoms. The van der Waals surface area contributed by atoms with Crippen molar-refractivity contribution in [3.05, 3.63) is 29.6 Å². The van der Waals surface area contributed by atoms with E-state index in [0.29, 0.717) is 24.8 Å². The molecule has 4 heteroatoms. The van der Waals surface area contributed by atoms with E-state index in [1.54, 1.807) is 11.0 Å². The van der Waals surface area contributed by atoms with Crippen LogP contribution in [-0.2, 0) is 4.79 Å². The third-order valence-electron chi connectivity index (χ3n) is 3.33. The van der Waals surface area contributed by atoms with Crippen molar-refractivity contribution in [1.29, 1.82) is 0 Å². The molecular weight excluding hydrogens is 221 g/mol. The van der Waals surface area contributed by atoms with E-state index < -0.39 is 0 Å². The van der Waals surface area contributed by atoms with Crippen LogP contribution in [0.4, 0.5) is 4.39 Å². The van der Waals surface area contributed by atoms with Crippen LogP contribution in [0.5, 0.6) is 5.75 Å². The third-order valence-corrected chi connectivity index (χ3v) is 3.33. The molecule has 0 spiro atoms. The lowest BCUT2D eigenvalue weighted by Crippen LogP contribution is -2.52. The fraction of sp³-hybridized carbons (Fsp3) is 0.462. The first-order chi connectivity index (χ1) is 8.28. The summed E-state index contributed by atoms with van der Waals surface area (Å²) >= 11 is 0. The highest BCUT2D eigenvalue weighted by Crippen LogP contribution is 2.43. The molecule has 90 valence electrons. The van der Waals surface area contributed by atoms with Crippen molar-refractivity contribution in [3.8, 4) is 5.75 Å². The lowest BCUT2D eigenvalue weighted by atomic mass is 10.1. The van der Waals surface area contributed by atoms with E-state index in [9.17, 15) is 9.18 Å². The highest BCUT2D eigenvalue weighted by atomic mass is 19.1. The maximum atomic E-state index is 14.1. The average molecular weight is 235 g/mol. The molecule has 0 radical (unpaired) electrons. The number of likely N-dealkylation sites (tertiary alicyclic amines) is 1. The standard InChI is InChI=1S/C13H14FNO2/c14-13-11(9-4-5-9)2-1-3-12(13)17-10-6-15(7-10)8-16/h1-3,8-10H,4-7H2. The lowest BCUT2D eigenvalue weighted by Gasteiger charge is -2.36. The van der Waals surface area contributed by atoms with Gasteiger partial charge in [-0.1, -0.05) is 12.1 Å². The number of hydrogen-bond acceptors (Lipinski definition) is 2. The second-order valence-electron chi connectivity index (χ2n) is 4.73. The summed E-state index contributed by atoms with van der Waals surface area (Å²) < 4.78 is 19.6. The van der Waals surface area contributed by atoms with Crippen LogP contribution in [0, 0.1) is 5.82 Å². The Bertz CT molecular complexity index is 439. The molecule has 3 nitrogen and oxygen atoms in total. The van der Waals surface area contributed by atoms with Crippen LogP contribution in [-0.4, -0.2) is 30.5 Å². The Hall–Kier alpha value is -1.58. The normalized spacial score (nSPS) is 19.9. The molecule has 1 aliphatic carbocycles. The molecule has 1 saturated heterocycles. The van der Waals surface area contributed by atoms with Gasteiger partial charge < -0.3 is 9.64 Å². The number of benzene rings is 1. The van der Waals surface area contributed by atoms with Gasteiger partial charge in [0, 0.05) is 0 Å². The van der Waals surface area contributed by atoms with Crippen LogP contribution >= 0.6 is 0 Å². The number of carbonyl (C=O) groups is 1. The second-order valence-corrected chi connectivity index (χ2v) is 4.73. The Kier molecular flexibility index (Phi) is 2.50. The average Bonchev–Trinajstić information content (AvgIpc) is 3.08. The van der Waals surface area contributed by atoms with Crippen LogP contribution in [0.2, 0.25) is 0 Å². The number of nitrogens with zero attached hydrogens (tertiary/aromatic N) is 1. The van der Waals surface area contributed by atoms with Crippen molar-refractivity contribution < 1.29 is 13.9 Å². The van der Waals surface area contributed by atoms with E-state index in [2.05, 4.69) is 0 Å². The minimum absolute atomic E-state index is 0.0656. The predicted molar refractivity (Wildman–Crippen MR) is 60.4 cm³/mol. The number of hydrogen-bond donors (Lipinski definition) is 0. The summed E-state index contributed by atoms with van der Waals surface area (Å²) in [7, 11) is 0. The van der Waals surface area contributed by atoms with E-state index in [4.69, 9.17) is 4.74 Å². The van der Waals surface area contributed by atoms with Crippen molar-refractivity contribution in [2.75, 3.05) is 13.1 Å². The first-order valence-corrected chi connectivity index (χ1v) is 5.92. The number of amides is 1. The summed E-state index contributed by atoms with van der Waals surface area (Å²) in [5, 5.41) is 0. The molecule has 1 saturated carbocycles. The molecule has 1 aliphatic heterocycles. The molecule has 1 aromatic carbocycles. The van der Waals surface area contributed by atoms with Gasteiger partial charge in [0.25, 0.3) is 0 Å². The van der Waals surface area contributed by atoms with Gasteiger partial charge in [0.05, 0.1) is 13.1 Å². The quantitative estimate of drug-likeness (QED) is 0.746. The van der Waals surface area contributed by atoms with Gasteiger partial charge in [0.15, 0.2) is 11.6 Å². The summed E-state index contributed by atoms with van der Waals surface area (Å²) in [6, 6.07) is 5.32. The zero-order valence-electron chi connectivity index (χ0n) is 9.43. The largest absolute Gasteiger partial charge is 0.484 e. The summed E-state index contributed by atoms with van der Waals surface area (Å²) in [6.45, 7) is 1.10. The smallest absolute Gasteiger partial charge is 0.209 e. The van der Waals surface area contributed by atoms with Gasteiger partial charge >= 0.3 is 0 Å². The maximum Gasteiger partial charge on any atom is 0.209 e.